The van der Waals surface area contributed by atoms with Gasteiger partial charge >= 0.3 is 0 Å². The SMILES string of the molecule is CC/C=C(\C=N)C1CCC1. The Labute approximate surface area is 62.6 Å². The molecule has 0 aliphatic heterocycles. The molecule has 1 heteroatoms. The van der Waals surface area contributed by atoms with Crippen LogP contribution in [0.25, 0.3) is 0 Å². The summed E-state index contributed by atoms with van der Waals surface area (Å²) in [6, 6.07) is 0. The number of hydrogen-bond donors (Lipinski definition) is 1. The maximum atomic E-state index is 7.14. The number of hydrogen-bond acceptors (Lipinski definition) is 1. The number of allylic oxidation sites excluding steroid dienone is 2. The summed E-state index contributed by atoms with van der Waals surface area (Å²) in [4.78, 5) is 0. The van der Waals surface area contributed by atoms with Crippen LogP contribution in [0, 0.1) is 11.3 Å². The summed E-state index contributed by atoms with van der Waals surface area (Å²) in [7, 11) is 0. The van der Waals surface area contributed by atoms with E-state index >= 15 is 0 Å². The molecule has 0 heterocycles. The van der Waals surface area contributed by atoms with E-state index in [1.807, 2.05) is 0 Å². The number of nitrogens with one attached hydrogen (secondary N) is 1. The fourth-order valence-electron chi connectivity index (χ4n) is 1.32. The van der Waals surface area contributed by atoms with E-state index in [0.29, 0.717) is 0 Å². The molecule has 0 spiro atoms. The molecule has 0 radical (unpaired) electrons. The second-order valence-corrected chi connectivity index (χ2v) is 2.88. The van der Waals surface area contributed by atoms with E-state index < -0.39 is 0 Å². The van der Waals surface area contributed by atoms with Crippen LogP contribution in [-0.2, 0) is 0 Å². The standard InChI is InChI=1S/C9H15N/c1-2-4-9(7-10)8-5-3-6-8/h4,7-8,10H,2-3,5-6H2,1H3/b9-4+,10-7?. The van der Waals surface area contributed by atoms with Gasteiger partial charge in [0.05, 0.1) is 0 Å². The molecular weight excluding hydrogens is 122 g/mol. The smallest absolute Gasteiger partial charge is 0.0209 e. The lowest BCUT2D eigenvalue weighted by atomic mass is 9.80. The van der Waals surface area contributed by atoms with Crippen LogP contribution >= 0.6 is 0 Å². The molecule has 0 unspecified atom stereocenters. The van der Waals surface area contributed by atoms with Crippen molar-refractivity contribution in [3.63, 3.8) is 0 Å². The van der Waals surface area contributed by atoms with Crippen molar-refractivity contribution in [3.05, 3.63) is 11.6 Å². The van der Waals surface area contributed by atoms with Crippen LogP contribution in [0.5, 0.6) is 0 Å². The van der Waals surface area contributed by atoms with Gasteiger partial charge in [-0.2, -0.15) is 0 Å². The average molecular weight is 137 g/mol. The summed E-state index contributed by atoms with van der Waals surface area (Å²) < 4.78 is 0. The van der Waals surface area contributed by atoms with Gasteiger partial charge in [-0.1, -0.05) is 19.4 Å². The maximum absolute atomic E-state index is 7.14. The van der Waals surface area contributed by atoms with Gasteiger partial charge in [-0.15, -0.1) is 0 Å². The van der Waals surface area contributed by atoms with E-state index in [0.717, 1.165) is 12.3 Å². The molecule has 1 N–H and O–H groups in total. The highest BCUT2D eigenvalue weighted by molar-refractivity contribution is 5.76. The van der Waals surface area contributed by atoms with E-state index in [1.165, 1.54) is 31.1 Å². The Kier molecular flexibility index (Phi) is 2.67. The van der Waals surface area contributed by atoms with Crippen LogP contribution in [-0.4, -0.2) is 6.21 Å². The summed E-state index contributed by atoms with van der Waals surface area (Å²) in [5.74, 6) is 0.734. The Hall–Kier alpha value is -0.590. The van der Waals surface area contributed by atoms with Gasteiger partial charge in [-0.25, -0.2) is 0 Å². The normalized spacial score (nSPS) is 20.3. The molecule has 1 nitrogen and oxygen atoms in total. The Morgan fingerprint density at radius 1 is 1.60 bits per heavy atom. The Balaban J connectivity index is 2.46. The minimum atomic E-state index is 0.734. The molecule has 0 aromatic carbocycles. The van der Waals surface area contributed by atoms with Gasteiger partial charge in [-0.3, -0.25) is 0 Å². The molecular formula is C9H15N. The van der Waals surface area contributed by atoms with Gasteiger partial charge in [-0.05, 0) is 30.8 Å². The monoisotopic (exact) mass is 137 g/mol. The van der Waals surface area contributed by atoms with Crippen LogP contribution in [0.1, 0.15) is 32.6 Å². The molecule has 0 amide bonds. The Bertz CT molecular complexity index is 143. The third-order valence-electron chi connectivity index (χ3n) is 2.18. The van der Waals surface area contributed by atoms with E-state index in [2.05, 4.69) is 13.0 Å². The lowest BCUT2D eigenvalue weighted by molar-refractivity contribution is 0.378. The zero-order valence-corrected chi connectivity index (χ0v) is 6.56. The quantitative estimate of drug-likeness (QED) is 0.578. The first-order valence-corrected chi connectivity index (χ1v) is 4.09. The highest BCUT2D eigenvalue weighted by atomic mass is 14.4. The molecule has 1 rings (SSSR count). The summed E-state index contributed by atoms with van der Waals surface area (Å²) in [6.45, 7) is 2.13. The third kappa shape index (κ3) is 1.47. The minimum Gasteiger partial charge on any atom is -0.308 e. The fraction of sp³-hybridized carbons (Fsp3) is 0.667. The number of rotatable bonds is 3. The van der Waals surface area contributed by atoms with Crippen LogP contribution in [0.15, 0.2) is 11.6 Å². The predicted octanol–water partition coefficient (Wildman–Crippen LogP) is 2.77. The van der Waals surface area contributed by atoms with Crippen molar-refractivity contribution in [2.45, 2.75) is 32.6 Å². The van der Waals surface area contributed by atoms with Gasteiger partial charge in [0.2, 0.25) is 0 Å². The molecule has 0 atom stereocenters. The van der Waals surface area contributed by atoms with Crippen LogP contribution in [0.2, 0.25) is 0 Å². The van der Waals surface area contributed by atoms with E-state index in [9.17, 15) is 0 Å². The first-order chi connectivity index (χ1) is 4.88. The second kappa shape index (κ2) is 3.55. The highest BCUT2D eigenvalue weighted by Gasteiger charge is 2.19. The fourth-order valence-corrected chi connectivity index (χ4v) is 1.32. The van der Waals surface area contributed by atoms with Gasteiger partial charge in [0.1, 0.15) is 0 Å². The first-order valence-electron chi connectivity index (χ1n) is 4.09. The molecule has 0 aromatic heterocycles. The van der Waals surface area contributed by atoms with Gasteiger partial charge in [0, 0.05) is 6.21 Å². The molecule has 1 aliphatic carbocycles. The summed E-state index contributed by atoms with van der Waals surface area (Å²) in [5, 5.41) is 7.14. The molecule has 1 saturated carbocycles. The van der Waals surface area contributed by atoms with Gasteiger partial charge < -0.3 is 5.41 Å². The molecule has 56 valence electrons. The minimum absolute atomic E-state index is 0.734. The van der Waals surface area contributed by atoms with Crippen molar-refractivity contribution in [1.29, 1.82) is 5.41 Å². The summed E-state index contributed by atoms with van der Waals surface area (Å²) in [5.41, 5.74) is 1.26. The van der Waals surface area contributed by atoms with Crippen molar-refractivity contribution in [2.75, 3.05) is 0 Å². The van der Waals surface area contributed by atoms with Crippen LogP contribution in [0.3, 0.4) is 0 Å². The molecule has 0 bridgehead atoms. The van der Waals surface area contributed by atoms with Crippen molar-refractivity contribution in [1.82, 2.24) is 0 Å². The van der Waals surface area contributed by atoms with Crippen molar-refractivity contribution < 1.29 is 0 Å². The van der Waals surface area contributed by atoms with E-state index in [1.54, 1.807) is 0 Å². The lowest BCUT2D eigenvalue weighted by Gasteiger charge is -2.25. The maximum Gasteiger partial charge on any atom is 0.0209 e. The largest absolute Gasteiger partial charge is 0.308 e. The molecule has 0 aromatic rings. The summed E-state index contributed by atoms with van der Waals surface area (Å²) >= 11 is 0. The van der Waals surface area contributed by atoms with Crippen molar-refractivity contribution in [3.8, 4) is 0 Å². The van der Waals surface area contributed by atoms with Crippen LogP contribution in [0.4, 0.5) is 0 Å². The zero-order chi connectivity index (χ0) is 7.40. The van der Waals surface area contributed by atoms with Crippen molar-refractivity contribution >= 4 is 6.21 Å². The Morgan fingerprint density at radius 3 is 2.60 bits per heavy atom. The highest BCUT2D eigenvalue weighted by Crippen LogP contribution is 2.32. The molecule has 10 heavy (non-hydrogen) atoms. The van der Waals surface area contributed by atoms with E-state index in [4.69, 9.17) is 5.41 Å². The van der Waals surface area contributed by atoms with Gasteiger partial charge in [0.15, 0.2) is 0 Å². The predicted molar refractivity (Wildman–Crippen MR) is 44.5 cm³/mol. The first kappa shape index (κ1) is 7.52. The van der Waals surface area contributed by atoms with Crippen molar-refractivity contribution in [2.24, 2.45) is 5.92 Å². The summed E-state index contributed by atoms with van der Waals surface area (Å²) in [6.07, 6.45) is 8.74. The zero-order valence-electron chi connectivity index (χ0n) is 6.56. The van der Waals surface area contributed by atoms with E-state index in [-0.39, 0.29) is 0 Å². The molecule has 1 fully saturated rings. The van der Waals surface area contributed by atoms with Crippen LogP contribution < -0.4 is 0 Å². The topological polar surface area (TPSA) is 23.9 Å². The Morgan fingerprint density at radius 2 is 2.30 bits per heavy atom. The third-order valence-corrected chi connectivity index (χ3v) is 2.18. The molecule has 1 aliphatic rings. The molecule has 0 saturated heterocycles. The lowest BCUT2D eigenvalue weighted by Crippen LogP contribution is -2.14. The van der Waals surface area contributed by atoms with Gasteiger partial charge in [0.25, 0.3) is 0 Å². The second-order valence-electron chi connectivity index (χ2n) is 2.88. The average Bonchev–Trinajstić information content (AvgIpc) is 1.83.